The van der Waals surface area contributed by atoms with Crippen LogP contribution in [0.3, 0.4) is 0 Å². The van der Waals surface area contributed by atoms with E-state index in [1.54, 1.807) is 0 Å². The van der Waals surface area contributed by atoms with Gasteiger partial charge in [0.2, 0.25) is 5.95 Å². The van der Waals surface area contributed by atoms with E-state index in [1.807, 2.05) is 20.0 Å². The third kappa shape index (κ3) is 2.52. The molecule has 0 saturated carbocycles. The monoisotopic (exact) mass is 254 g/mol. The number of benzene rings is 1. The number of aromatic nitrogens is 2. The minimum absolute atomic E-state index is 0.642. The van der Waals surface area contributed by atoms with Crippen LogP contribution in [0.1, 0.15) is 23.2 Å². The van der Waals surface area contributed by atoms with Gasteiger partial charge >= 0.3 is 0 Å². The summed E-state index contributed by atoms with van der Waals surface area (Å²) in [5.41, 5.74) is 4.99. The molecule has 0 atom stereocenters. The third-order valence-corrected chi connectivity index (χ3v) is 3.45. The number of hydrogen-bond donors (Lipinski definition) is 2. The second-order valence-electron chi connectivity index (χ2n) is 4.93. The van der Waals surface area contributed by atoms with Crippen molar-refractivity contribution >= 4 is 17.5 Å². The quantitative estimate of drug-likeness (QED) is 0.884. The second-order valence-corrected chi connectivity index (χ2v) is 4.93. The first-order valence-corrected chi connectivity index (χ1v) is 6.67. The molecule has 1 heterocycles. The zero-order chi connectivity index (χ0) is 13.2. The molecule has 4 nitrogen and oxygen atoms in total. The van der Waals surface area contributed by atoms with E-state index in [2.05, 4.69) is 38.8 Å². The second kappa shape index (κ2) is 4.88. The Bertz CT molecular complexity index is 607. The number of fused-ring (bicyclic) bond motifs is 1. The number of rotatable bonds is 3. The molecule has 0 aliphatic heterocycles. The number of hydrogen-bond acceptors (Lipinski definition) is 4. The Kier molecular flexibility index (Phi) is 3.07. The van der Waals surface area contributed by atoms with Gasteiger partial charge in [0.1, 0.15) is 5.82 Å². The SMILES string of the molecule is CNc1nc(C)cc(Nc2ccc3c(c2)CCC3)n1. The minimum atomic E-state index is 0.642. The van der Waals surface area contributed by atoms with Gasteiger partial charge in [-0.05, 0) is 49.4 Å². The molecule has 19 heavy (non-hydrogen) atoms. The molecule has 1 aliphatic rings. The maximum absolute atomic E-state index is 4.41. The van der Waals surface area contributed by atoms with Crippen molar-refractivity contribution in [3.05, 3.63) is 41.1 Å². The van der Waals surface area contributed by atoms with Crippen LogP contribution in [-0.4, -0.2) is 17.0 Å². The predicted octanol–water partition coefficient (Wildman–Crippen LogP) is 3.06. The molecular formula is C15H18N4. The lowest BCUT2D eigenvalue weighted by molar-refractivity contribution is 0.912. The van der Waals surface area contributed by atoms with E-state index < -0.39 is 0 Å². The zero-order valence-corrected chi connectivity index (χ0v) is 11.3. The van der Waals surface area contributed by atoms with Gasteiger partial charge in [0.15, 0.2) is 0 Å². The molecule has 1 aliphatic carbocycles. The van der Waals surface area contributed by atoms with E-state index >= 15 is 0 Å². The van der Waals surface area contributed by atoms with Crippen molar-refractivity contribution in [3.63, 3.8) is 0 Å². The van der Waals surface area contributed by atoms with E-state index in [1.165, 1.54) is 30.4 Å². The maximum atomic E-state index is 4.41. The van der Waals surface area contributed by atoms with Crippen LogP contribution in [0.25, 0.3) is 0 Å². The van der Waals surface area contributed by atoms with Crippen LogP contribution in [0.2, 0.25) is 0 Å². The largest absolute Gasteiger partial charge is 0.357 e. The summed E-state index contributed by atoms with van der Waals surface area (Å²) in [6, 6.07) is 8.53. The molecule has 4 heteroatoms. The van der Waals surface area contributed by atoms with E-state index in [4.69, 9.17) is 0 Å². The van der Waals surface area contributed by atoms with E-state index in [0.29, 0.717) is 5.95 Å². The van der Waals surface area contributed by atoms with Gasteiger partial charge in [-0.25, -0.2) is 4.98 Å². The highest BCUT2D eigenvalue weighted by molar-refractivity contribution is 5.60. The summed E-state index contributed by atoms with van der Waals surface area (Å²) in [5.74, 6) is 1.47. The number of nitrogens with zero attached hydrogens (tertiary/aromatic N) is 2. The summed E-state index contributed by atoms with van der Waals surface area (Å²) < 4.78 is 0. The fourth-order valence-corrected chi connectivity index (χ4v) is 2.54. The highest BCUT2D eigenvalue weighted by Crippen LogP contribution is 2.26. The molecule has 3 rings (SSSR count). The lowest BCUT2D eigenvalue weighted by atomic mass is 10.1. The first kappa shape index (κ1) is 12.0. The fraction of sp³-hybridized carbons (Fsp3) is 0.333. The summed E-state index contributed by atoms with van der Waals surface area (Å²) in [6.07, 6.45) is 3.68. The molecule has 0 spiro atoms. The van der Waals surface area contributed by atoms with Gasteiger partial charge in [-0.1, -0.05) is 6.07 Å². The van der Waals surface area contributed by atoms with Crippen LogP contribution in [0.15, 0.2) is 24.3 Å². The van der Waals surface area contributed by atoms with Crippen molar-refractivity contribution in [3.8, 4) is 0 Å². The molecule has 0 fully saturated rings. The van der Waals surface area contributed by atoms with Crippen molar-refractivity contribution < 1.29 is 0 Å². The van der Waals surface area contributed by atoms with Gasteiger partial charge in [0.05, 0.1) is 0 Å². The average Bonchev–Trinajstić information content (AvgIpc) is 2.85. The normalized spacial score (nSPS) is 13.2. The van der Waals surface area contributed by atoms with Gasteiger partial charge in [0.25, 0.3) is 0 Å². The molecule has 0 bridgehead atoms. The first-order valence-electron chi connectivity index (χ1n) is 6.67. The summed E-state index contributed by atoms with van der Waals surface area (Å²) in [6.45, 7) is 1.97. The highest BCUT2D eigenvalue weighted by Gasteiger charge is 2.11. The van der Waals surface area contributed by atoms with Gasteiger partial charge in [-0.3, -0.25) is 0 Å². The van der Waals surface area contributed by atoms with Crippen molar-refractivity contribution in [1.29, 1.82) is 0 Å². The van der Waals surface area contributed by atoms with Crippen molar-refractivity contribution in [2.45, 2.75) is 26.2 Å². The number of anilines is 3. The van der Waals surface area contributed by atoms with E-state index in [0.717, 1.165) is 17.2 Å². The van der Waals surface area contributed by atoms with Crippen molar-refractivity contribution in [2.24, 2.45) is 0 Å². The highest BCUT2D eigenvalue weighted by atomic mass is 15.1. The lowest BCUT2D eigenvalue weighted by Gasteiger charge is -2.09. The fourth-order valence-electron chi connectivity index (χ4n) is 2.54. The zero-order valence-electron chi connectivity index (χ0n) is 11.3. The van der Waals surface area contributed by atoms with Gasteiger partial charge in [-0.2, -0.15) is 4.98 Å². The molecule has 0 saturated heterocycles. The van der Waals surface area contributed by atoms with Gasteiger partial charge in [-0.15, -0.1) is 0 Å². The minimum Gasteiger partial charge on any atom is -0.357 e. The average molecular weight is 254 g/mol. The Balaban J connectivity index is 1.86. The summed E-state index contributed by atoms with van der Waals surface area (Å²) in [4.78, 5) is 8.70. The van der Waals surface area contributed by atoms with Crippen LogP contribution in [-0.2, 0) is 12.8 Å². The molecular weight excluding hydrogens is 236 g/mol. The van der Waals surface area contributed by atoms with Crippen LogP contribution >= 0.6 is 0 Å². The van der Waals surface area contributed by atoms with Crippen LogP contribution in [0.5, 0.6) is 0 Å². The Morgan fingerprint density at radius 2 is 1.89 bits per heavy atom. The summed E-state index contributed by atoms with van der Waals surface area (Å²) in [7, 11) is 1.83. The number of nitrogens with one attached hydrogen (secondary N) is 2. The Morgan fingerprint density at radius 3 is 2.74 bits per heavy atom. The Labute approximate surface area is 113 Å². The molecule has 1 aromatic heterocycles. The van der Waals surface area contributed by atoms with E-state index in [9.17, 15) is 0 Å². The summed E-state index contributed by atoms with van der Waals surface area (Å²) in [5, 5.41) is 6.33. The van der Waals surface area contributed by atoms with Crippen LogP contribution < -0.4 is 10.6 Å². The molecule has 98 valence electrons. The predicted molar refractivity (Wildman–Crippen MR) is 78.1 cm³/mol. The first-order chi connectivity index (χ1) is 9.24. The van der Waals surface area contributed by atoms with Crippen molar-refractivity contribution in [1.82, 2.24) is 9.97 Å². The third-order valence-electron chi connectivity index (χ3n) is 3.45. The van der Waals surface area contributed by atoms with Gasteiger partial charge < -0.3 is 10.6 Å². The Hall–Kier alpha value is -2.10. The molecule has 0 unspecified atom stereocenters. The number of aryl methyl sites for hydroxylation is 3. The van der Waals surface area contributed by atoms with E-state index in [-0.39, 0.29) is 0 Å². The van der Waals surface area contributed by atoms with Crippen LogP contribution in [0, 0.1) is 6.92 Å². The topological polar surface area (TPSA) is 49.8 Å². The molecule has 2 aromatic rings. The van der Waals surface area contributed by atoms with Gasteiger partial charge in [0, 0.05) is 24.5 Å². The standard InChI is InChI=1S/C15H18N4/c1-10-8-14(19-15(16-2)17-10)18-13-7-6-11-4-3-5-12(11)9-13/h6-9H,3-5H2,1-2H3,(H2,16,17,18,19). The maximum Gasteiger partial charge on any atom is 0.224 e. The smallest absolute Gasteiger partial charge is 0.224 e. The van der Waals surface area contributed by atoms with Crippen LogP contribution in [0.4, 0.5) is 17.5 Å². The molecule has 0 amide bonds. The molecule has 0 radical (unpaired) electrons. The molecule has 2 N–H and O–H groups in total. The Morgan fingerprint density at radius 1 is 1.05 bits per heavy atom. The van der Waals surface area contributed by atoms with Crippen molar-refractivity contribution in [2.75, 3.05) is 17.7 Å². The summed E-state index contributed by atoms with van der Waals surface area (Å²) >= 11 is 0. The molecule has 1 aromatic carbocycles. The lowest BCUT2D eigenvalue weighted by Crippen LogP contribution is -2.02.